The Balaban J connectivity index is 2.63. The number of imide groups is 1. The fraction of sp³-hybridized carbons (Fsp3) is 0.750. The monoisotopic (exact) mass is 271 g/mol. The second kappa shape index (κ2) is 5.46. The van der Waals surface area contributed by atoms with E-state index in [-0.39, 0.29) is 6.54 Å². The number of amides is 4. The molecule has 7 heteroatoms. The van der Waals surface area contributed by atoms with Crippen molar-refractivity contribution in [3.05, 3.63) is 0 Å². The Hall–Kier alpha value is -1.79. The van der Waals surface area contributed by atoms with Crippen molar-refractivity contribution in [1.82, 2.24) is 16.0 Å². The Morgan fingerprint density at radius 1 is 1.37 bits per heavy atom. The quantitative estimate of drug-likeness (QED) is 0.661. The first-order valence-corrected chi connectivity index (χ1v) is 6.29. The summed E-state index contributed by atoms with van der Waals surface area (Å²) in [5.41, 5.74) is -1.69. The van der Waals surface area contributed by atoms with Crippen molar-refractivity contribution in [2.24, 2.45) is 0 Å². The van der Waals surface area contributed by atoms with E-state index in [2.05, 4.69) is 16.0 Å². The van der Waals surface area contributed by atoms with Crippen molar-refractivity contribution >= 4 is 18.0 Å². The fourth-order valence-corrected chi connectivity index (χ4v) is 1.88. The summed E-state index contributed by atoms with van der Waals surface area (Å²) >= 11 is 0. The Morgan fingerprint density at radius 3 is 2.42 bits per heavy atom. The Morgan fingerprint density at radius 2 is 2.00 bits per heavy atom. The van der Waals surface area contributed by atoms with Gasteiger partial charge in [-0.3, -0.25) is 10.1 Å². The Kier molecular flexibility index (Phi) is 4.39. The molecule has 3 N–H and O–H groups in total. The summed E-state index contributed by atoms with van der Waals surface area (Å²) in [6, 6.07) is -0.538. The molecule has 0 saturated carbocycles. The largest absolute Gasteiger partial charge is 0.444 e. The summed E-state index contributed by atoms with van der Waals surface area (Å²) in [5, 5.41) is 7.27. The van der Waals surface area contributed by atoms with Gasteiger partial charge in [0.2, 0.25) is 0 Å². The zero-order valence-electron chi connectivity index (χ0n) is 11.8. The molecule has 1 aliphatic rings. The summed E-state index contributed by atoms with van der Waals surface area (Å²) < 4.78 is 5.09. The van der Waals surface area contributed by atoms with Gasteiger partial charge in [-0.2, -0.15) is 0 Å². The maximum atomic E-state index is 11.8. The summed E-state index contributed by atoms with van der Waals surface area (Å²) in [7, 11) is 0. The van der Waals surface area contributed by atoms with Crippen LogP contribution in [0.15, 0.2) is 0 Å². The van der Waals surface area contributed by atoms with E-state index in [1.807, 2.05) is 6.92 Å². The van der Waals surface area contributed by atoms with E-state index in [1.165, 1.54) is 0 Å². The van der Waals surface area contributed by atoms with Gasteiger partial charge in [0.25, 0.3) is 5.91 Å². The van der Waals surface area contributed by atoms with Crippen LogP contribution < -0.4 is 16.0 Å². The first-order valence-electron chi connectivity index (χ1n) is 6.29. The van der Waals surface area contributed by atoms with Crippen molar-refractivity contribution in [1.29, 1.82) is 0 Å². The number of carbonyl (C=O) groups is 3. The molecule has 19 heavy (non-hydrogen) atoms. The van der Waals surface area contributed by atoms with E-state index in [9.17, 15) is 14.4 Å². The number of ether oxygens (including phenoxy) is 1. The summed E-state index contributed by atoms with van der Waals surface area (Å²) in [6.07, 6.45) is 0.529. The molecule has 0 bridgehead atoms. The third-order valence-corrected chi connectivity index (χ3v) is 2.62. The van der Waals surface area contributed by atoms with Gasteiger partial charge in [-0.15, -0.1) is 0 Å². The van der Waals surface area contributed by atoms with Gasteiger partial charge in [-0.1, -0.05) is 13.3 Å². The van der Waals surface area contributed by atoms with Crippen LogP contribution in [-0.2, 0) is 9.53 Å². The topological polar surface area (TPSA) is 96.5 Å². The normalized spacial score (nSPS) is 22.7. The molecule has 4 amide bonds. The minimum Gasteiger partial charge on any atom is -0.444 e. The molecular formula is C12H21N3O4. The highest BCUT2D eigenvalue weighted by atomic mass is 16.6. The molecule has 1 atom stereocenters. The molecule has 0 aromatic heterocycles. The van der Waals surface area contributed by atoms with Gasteiger partial charge in [0.1, 0.15) is 11.1 Å². The number of hydrogen-bond acceptors (Lipinski definition) is 4. The van der Waals surface area contributed by atoms with Crippen LogP contribution in [0.3, 0.4) is 0 Å². The second-order valence-electron chi connectivity index (χ2n) is 5.60. The van der Waals surface area contributed by atoms with Crippen LogP contribution in [0.1, 0.15) is 40.5 Å². The number of nitrogens with one attached hydrogen (secondary N) is 3. The first-order chi connectivity index (χ1) is 8.68. The standard InChI is InChI=1S/C12H21N3O4/c1-5-6-12(8(16)14-9(17)15-12)7-13-10(18)19-11(2,3)4/h5-7H2,1-4H3,(H,13,18)(H2,14,15,16,17). The van der Waals surface area contributed by atoms with E-state index >= 15 is 0 Å². The number of rotatable bonds is 4. The molecule has 0 spiro atoms. The van der Waals surface area contributed by atoms with Crippen LogP contribution in [0, 0.1) is 0 Å². The minimum absolute atomic E-state index is 0.00727. The van der Waals surface area contributed by atoms with Gasteiger partial charge >= 0.3 is 12.1 Å². The van der Waals surface area contributed by atoms with Gasteiger partial charge < -0.3 is 15.4 Å². The van der Waals surface area contributed by atoms with Crippen molar-refractivity contribution in [2.45, 2.75) is 51.7 Å². The molecule has 1 aliphatic heterocycles. The Labute approximate surface area is 112 Å². The molecule has 1 rings (SSSR count). The molecule has 1 unspecified atom stereocenters. The van der Waals surface area contributed by atoms with Gasteiger partial charge in [-0.05, 0) is 27.2 Å². The maximum Gasteiger partial charge on any atom is 0.407 e. The summed E-state index contributed by atoms with van der Waals surface area (Å²) in [6.45, 7) is 7.15. The van der Waals surface area contributed by atoms with Crippen molar-refractivity contribution in [2.75, 3.05) is 6.54 Å². The minimum atomic E-state index is -1.08. The lowest BCUT2D eigenvalue weighted by atomic mass is 9.94. The number of urea groups is 1. The van der Waals surface area contributed by atoms with E-state index in [1.54, 1.807) is 20.8 Å². The second-order valence-corrected chi connectivity index (χ2v) is 5.60. The molecule has 1 heterocycles. The lowest BCUT2D eigenvalue weighted by molar-refractivity contribution is -0.124. The van der Waals surface area contributed by atoms with Crippen molar-refractivity contribution < 1.29 is 19.1 Å². The predicted molar refractivity (Wildman–Crippen MR) is 68.6 cm³/mol. The molecule has 1 saturated heterocycles. The fourth-order valence-electron chi connectivity index (χ4n) is 1.88. The average Bonchev–Trinajstić information content (AvgIpc) is 2.49. The molecular weight excluding hydrogens is 250 g/mol. The smallest absolute Gasteiger partial charge is 0.407 e. The molecule has 7 nitrogen and oxygen atoms in total. The van der Waals surface area contributed by atoms with Crippen molar-refractivity contribution in [3.8, 4) is 0 Å². The number of hydrogen-bond donors (Lipinski definition) is 3. The predicted octanol–water partition coefficient (Wildman–Crippen LogP) is 0.889. The van der Waals surface area contributed by atoms with E-state index in [4.69, 9.17) is 4.74 Å². The van der Waals surface area contributed by atoms with Crippen LogP contribution in [0.2, 0.25) is 0 Å². The van der Waals surface area contributed by atoms with Crippen LogP contribution in [0.4, 0.5) is 9.59 Å². The van der Waals surface area contributed by atoms with Crippen LogP contribution in [-0.4, -0.2) is 35.7 Å². The molecule has 0 aromatic rings. The van der Waals surface area contributed by atoms with E-state index in [0.717, 1.165) is 0 Å². The summed E-state index contributed by atoms with van der Waals surface area (Å²) in [5.74, 6) is -0.421. The third-order valence-electron chi connectivity index (χ3n) is 2.62. The highest BCUT2D eigenvalue weighted by Crippen LogP contribution is 2.17. The molecule has 0 radical (unpaired) electrons. The highest BCUT2D eigenvalue weighted by molar-refractivity contribution is 6.07. The van der Waals surface area contributed by atoms with Crippen molar-refractivity contribution in [3.63, 3.8) is 0 Å². The van der Waals surface area contributed by atoms with Gasteiger partial charge in [0.15, 0.2) is 0 Å². The van der Waals surface area contributed by atoms with E-state index in [0.29, 0.717) is 12.8 Å². The first kappa shape index (κ1) is 15.3. The molecule has 1 fully saturated rings. The number of carbonyl (C=O) groups excluding carboxylic acids is 3. The molecule has 0 aromatic carbocycles. The van der Waals surface area contributed by atoms with Crippen LogP contribution in [0.25, 0.3) is 0 Å². The zero-order chi connectivity index (χ0) is 14.7. The zero-order valence-corrected chi connectivity index (χ0v) is 11.8. The average molecular weight is 271 g/mol. The maximum absolute atomic E-state index is 11.8. The SMILES string of the molecule is CCCC1(CNC(=O)OC(C)(C)C)NC(=O)NC1=O. The summed E-state index contributed by atoms with van der Waals surface area (Å²) in [4.78, 5) is 34.6. The van der Waals surface area contributed by atoms with Gasteiger partial charge in [0, 0.05) is 0 Å². The molecule has 108 valence electrons. The lowest BCUT2D eigenvalue weighted by Crippen LogP contribution is -2.55. The third kappa shape index (κ3) is 4.11. The van der Waals surface area contributed by atoms with Gasteiger partial charge in [-0.25, -0.2) is 9.59 Å². The van der Waals surface area contributed by atoms with Crippen LogP contribution >= 0.6 is 0 Å². The van der Waals surface area contributed by atoms with E-state index < -0.39 is 29.2 Å². The van der Waals surface area contributed by atoms with Gasteiger partial charge in [0.05, 0.1) is 6.54 Å². The van der Waals surface area contributed by atoms with Crippen LogP contribution in [0.5, 0.6) is 0 Å². The number of alkyl carbamates (subject to hydrolysis) is 1. The lowest BCUT2D eigenvalue weighted by Gasteiger charge is -2.27. The Bertz CT molecular complexity index is 389. The molecule has 0 aliphatic carbocycles. The highest BCUT2D eigenvalue weighted by Gasteiger charge is 2.45.